The van der Waals surface area contributed by atoms with E-state index in [2.05, 4.69) is 15.0 Å². The fourth-order valence-electron chi connectivity index (χ4n) is 1.61. The van der Waals surface area contributed by atoms with Crippen LogP contribution in [0.2, 0.25) is 0 Å². The molecule has 90 valence electrons. The number of hydrogen-bond donors (Lipinski definition) is 1. The van der Waals surface area contributed by atoms with Crippen molar-refractivity contribution >= 4 is 17.0 Å². The van der Waals surface area contributed by atoms with Crippen LogP contribution in [0.5, 0.6) is 5.75 Å². The Morgan fingerprint density at radius 1 is 1.22 bits per heavy atom. The van der Waals surface area contributed by atoms with E-state index in [4.69, 9.17) is 14.9 Å². The van der Waals surface area contributed by atoms with Crippen molar-refractivity contribution in [2.45, 2.75) is 0 Å². The lowest BCUT2D eigenvalue weighted by atomic mass is 10.3. The molecule has 18 heavy (non-hydrogen) atoms. The fourth-order valence-corrected chi connectivity index (χ4v) is 1.61. The quantitative estimate of drug-likeness (QED) is 0.738. The third kappa shape index (κ3) is 1.73. The van der Waals surface area contributed by atoms with Crippen LogP contribution in [-0.2, 0) is 0 Å². The number of oxazole rings is 1. The largest absolute Gasteiger partial charge is 0.497 e. The average molecular weight is 242 g/mol. The molecule has 3 aromatic rings. The number of ether oxygens (including phenoxy) is 1. The molecule has 0 aliphatic carbocycles. The molecule has 2 N–H and O–H groups in total. The van der Waals surface area contributed by atoms with Gasteiger partial charge >= 0.3 is 0 Å². The second kappa shape index (κ2) is 3.99. The van der Waals surface area contributed by atoms with Crippen LogP contribution in [0.3, 0.4) is 0 Å². The monoisotopic (exact) mass is 242 g/mol. The summed E-state index contributed by atoms with van der Waals surface area (Å²) in [5.41, 5.74) is 7.51. The highest BCUT2D eigenvalue weighted by atomic mass is 16.5. The Morgan fingerprint density at radius 2 is 2.00 bits per heavy atom. The predicted molar refractivity (Wildman–Crippen MR) is 66.0 cm³/mol. The number of hydrogen-bond acceptors (Lipinski definition) is 6. The molecule has 0 bridgehead atoms. The van der Waals surface area contributed by atoms with Gasteiger partial charge in [0.1, 0.15) is 11.3 Å². The van der Waals surface area contributed by atoms with E-state index in [9.17, 15) is 0 Å². The number of anilines is 1. The van der Waals surface area contributed by atoms with E-state index in [0.717, 1.165) is 11.3 Å². The zero-order chi connectivity index (χ0) is 12.5. The number of nitrogens with zero attached hydrogens (tertiary/aromatic N) is 3. The van der Waals surface area contributed by atoms with Gasteiger partial charge in [0.15, 0.2) is 5.58 Å². The van der Waals surface area contributed by atoms with Gasteiger partial charge in [0.05, 0.1) is 12.7 Å². The van der Waals surface area contributed by atoms with Crippen LogP contribution in [0.4, 0.5) is 5.95 Å². The summed E-state index contributed by atoms with van der Waals surface area (Å²) in [6.07, 6.45) is 3.15. The van der Waals surface area contributed by atoms with Gasteiger partial charge in [0, 0.05) is 18.5 Å². The normalized spacial score (nSPS) is 10.7. The van der Waals surface area contributed by atoms with Crippen molar-refractivity contribution in [2.24, 2.45) is 0 Å². The molecule has 6 nitrogen and oxygen atoms in total. The zero-order valence-corrected chi connectivity index (χ0v) is 9.62. The first-order valence-electron chi connectivity index (χ1n) is 5.29. The smallest absolute Gasteiger partial charge is 0.230 e. The molecular weight excluding hydrogens is 232 g/mol. The van der Waals surface area contributed by atoms with Crippen LogP contribution in [0.25, 0.3) is 22.6 Å². The van der Waals surface area contributed by atoms with Crippen molar-refractivity contribution < 1.29 is 9.15 Å². The van der Waals surface area contributed by atoms with Gasteiger partial charge in [0.25, 0.3) is 0 Å². The minimum Gasteiger partial charge on any atom is -0.497 e. The van der Waals surface area contributed by atoms with Crippen molar-refractivity contribution in [3.8, 4) is 17.2 Å². The lowest BCUT2D eigenvalue weighted by Gasteiger charge is -1.95. The van der Waals surface area contributed by atoms with Crippen molar-refractivity contribution in [1.82, 2.24) is 15.0 Å². The van der Waals surface area contributed by atoms with Gasteiger partial charge < -0.3 is 14.9 Å². The summed E-state index contributed by atoms with van der Waals surface area (Å²) in [6.45, 7) is 0. The van der Waals surface area contributed by atoms with E-state index < -0.39 is 0 Å². The first kappa shape index (κ1) is 10.5. The molecule has 0 unspecified atom stereocenters. The Bertz CT molecular complexity index is 691. The fraction of sp³-hybridized carbons (Fsp3) is 0.0833. The molecule has 0 fully saturated rings. The second-order valence-electron chi connectivity index (χ2n) is 3.68. The molecule has 2 aromatic heterocycles. The van der Waals surface area contributed by atoms with Crippen LogP contribution in [0.1, 0.15) is 0 Å². The summed E-state index contributed by atoms with van der Waals surface area (Å²) >= 11 is 0. The Labute approximate surface area is 102 Å². The minimum atomic E-state index is 0.219. The predicted octanol–water partition coefficient (Wildman–Crippen LogP) is 1.88. The van der Waals surface area contributed by atoms with Gasteiger partial charge in [-0.3, -0.25) is 0 Å². The van der Waals surface area contributed by atoms with E-state index in [-0.39, 0.29) is 5.95 Å². The highest BCUT2D eigenvalue weighted by molar-refractivity contribution is 5.77. The van der Waals surface area contributed by atoms with Gasteiger partial charge in [-0.2, -0.15) is 0 Å². The average Bonchev–Trinajstić information content (AvgIpc) is 2.82. The van der Waals surface area contributed by atoms with E-state index in [1.165, 1.54) is 0 Å². The van der Waals surface area contributed by atoms with Gasteiger partial charge in [-0.15, -0.1) is 0 Å². The number of fused-ring (bicyclic) bond motifs is 1. The molecular formula is C12H10N4O2. The molecule has 0 saturated carbocycles. The Kier molecular flexibility index (Phi) is 2.33. The molecule has 0 atom stereocenters. The van der Waals surface area contributed by atoms with Crippen molar-refractivity contribution in [3.63, 3.8) is 0 Å². The number of aromatic nitrogens is 3. The summed E-state index contributed by atoms with van der Waals surface area (Å²) in [7, 11) is 1.61. The molecule has 1 aromatic carbocycles. The minimum absolute atomic E-state index is 0.219. The standard InChI is InChI=1S/C12H10N4O2/c1-17-8-2-3-10-9(4-8)16-11(18-10)7-5-14-12(13)15-6-7/h2-6H,1H3,(H2,13,14,15). The van der Waals surface area contributed by atoms with Gasteiger partial charge in [-0.05, 0) is 12.1 Å². The number of nitrogen functional groups attached to an aromatic ring is 1. The van der Waals surface area contributed by atoms with Crippen LogP contribution < -0.4 is 10.5 Å². The highest BCUT2D eigenvalue weighted by Gasteiger charge is 2.09. The van der Waals surface area contributed by atoms with Crippen LogP contribution >= 0.6 is 0 Å². The Hall–Kier alpha value is -2.63. The number of methoxy groups -OCH3 is 1. The molecule has 0 radical (unpaired) electrons. The van der Waals surface area contributed by atoms with E-state index in [1.54, 1.807) is 25.6 Å². The third-order valence-corrected chi connectivity index (χ3v) is 2.51. The topological polar surface area (TPSA) is 87.1 Å². The highest BCUT2D eigenvalue weighted by Crippen LogP contribution is 2.26. The van der Waals surface area contributed by atoms with Crippen LogP contribution in [0.15, 0.2) is 35.0 Å². The molecule has 0 aliphatic heterocycles. The molecule has 6 heteroatoms. The third-order valence-electron chi connectivity index (χ3n) is 2.51. The van der Waals surface area contributed by atoms with Gasteiger partial charge in [-0.1, -0.05) is 0 Å². The SMILES string of the molecule is COc1ccc2oc(-c3cnc(N)nc3)nc2c1. The zero-order valence-electron chi connectivity index (χ0n) is 9.62. The van der Waals surface area contributed by atoms with Gasteiger partial charge in [0.2, 0.25) is 11.8 Å². The first-order valence-corrected chi connectivity index (χ1v) is 5.29. The summed E-state index contributed by atoms with van der Waals surface area (Å²) in [6, 6.07) is 5.43. The molecule has 0 saturated heterocycles. The van der Waals surface area contributed by atoms with Crippen LogP contribution in [0, 0.1) is 0 Å². The molecule has 0 aliphatic rings. The maximum Gasteiger partial charge on any atom is 0.230 e. The van der Waals surface area contributed by atoms with E-state index in [1.807, 2.05) is 12.1 Å². The summed E-state index contributed by atoms with van der Waals surface area (Å²) < 4.78 is 10.7. The molecule has 0 amide bonds. The van der Waals surface area contributed by atoms with Crippen LogP contribution in [-0.4, -0.2) is 22.1 Å². The van der Waals surface area contributed by atoms with E-state index >= 15 is 0 Å². The summed E-state index contributed by atoms with van der Waals surface area (Å²) in [5.74, 6) is 1.41. The number of nitrogens with two attached hydrogens (primary N) is 1. The Morgan fingerprint density at radius 3 is 2.72 bits per heavy atom. The van der Waals surface area contributed by atoms with Crippen molar-refractivity contribution in [1.29, 1.82) is 0 Å². The summed E-state index contributed by atoms with van der Waals surface area (Å²) in [5, 5.41) is 0. The maximum absolute atomic E-state index is 5.61. The molecule has 3 rings (SSSR count). The summed E-state index contributed by atoms with van der Waals surface area (Å²) in [4.78, 5) is 12.2. The molecule has 0 spiro atoms. The lowest BCUT2D eigenvalue weighted by Crippen LogP contribution is -1.93. The number of rotatable bonds is 2. The van der Waals surface area contributed by atoms with E-state index in [0.29, 0.717) is 17.0 Å². The Balaban J connectivity index is 2.10. The molecule has 2 heterocycles. The van der Waals surface area contributed by atoms with Crippen molar-refractivity contribution in [3.05, 3.63) is 30.6 Å². The maximum atomic E-state index is 5.61. The van der Waals surface area contributed by atoms with Crippen molar-refractivity contribution in [2.75, 3.05) is 12.8 Å². The number of benzene rings is 1. The second-order valence-corrected chi connectivity index (χ2v) is 3.68. The first-order chi connectivity index (χ1) is 8.76. The van der Waals surface area contributed by atoms with Gasteiger partial charge in [-0.25, -0.2) is 15.0 Å². The lowest BCUT2D eigenvalue weighted by molar-refractivity contribution is 0.415.